The molecule has 4 heteroatoms. The minimum absolute atomic E-state index is 0.0121. The lowest BCUT2D eigenvalue weighted by Crippen LogP contribution is -2.09. The molecule has 2 rings (SSSR count). The minimum atomic E-state index is -0.0404. The molecule has 0 aliphatic heterocycles. The predicted molar refractivity (Wildman–Crippen MR) is 101 cm³/mol. The van der Waals surface area contributed by atoms with Crippen molar-refractivity contribution in [1.29, 1.82) is 0 Å². The van der Waals surface area contributed by atoms with E-state index in [1.54, 1.807) is 19.2 Å². The quantitative estimate of drug-likeness (QED) is 0.545. The third kappa shape index (κ3) is 5.05. The maximum absolute atomic E-state index is 12.3. The van der Waals surface area contributed by atoms with Gasteiger partial charge in [-0.2, -0.15) is 0 Å². The number of aliphatic hydroxyl groups excluding tert-OH is 1. The van der Waals surface area contributed by atoms with Crippen LogP contribution in [0.25, 0.3) is 12.2 Å². The molecule has 126 valence electrons. The molecule has 3 nitrogen and oxygen atoms in total. The zero-order valence-corrected chi connectivity index (χ0v) is 15.4. The largest absolute Gasteiger partial charge is 0.496 e. The highest BCUT2D eigenvalue weighted by atomic mass is 79.9. The first-order chi connectivity index (χ1) is 11.5. The Hall–Kier alpha value is -1.91. The molecule has 0 aliphatic rings. The van der Waals surface area contributed by atoms with Crippen LogP contribution in [0.3, 0.4) is 0 Å². The molecule has 0 amide bonds. The van der Waals surface area contributed by atoms with Crippen molar-refractivity contribution in [2.75, 3.05) is 13.7 Å². The lowest BCUT2D eigenvalue weighted by Gasteiger charge is -2.10. The number of rotatable bonds is 7. The summed E-state index contributed by atoms with van der Waals surface area (Å²) in [7, 11) is 1.61. The molecule has 0 radical (unpaired) electrons. The van der Waals surface area contributed by atoms with E-state index in [0.717, 1.165) is 21.3 Å². The van der Waals surface area contributed by atoms with Crippen molar-refractivity contribution in [2.45, 2.75) is 13.3 Å². The molecule has 2 aromatic rings. The Kier molecular flexibility index (Phi) is 6.76. The van der Waals surface area contributed by atoms with Crippen LogP contribution in [-0.2, 0) is 0 Å². The molecule has 0 saturated carbocycles. The molecule has 0 spiro atoms. The van der Waals surface area contributed by atoms with Crippen LogP contribution in [-0.4, -0.2) is 24.6 Å². The number of hydrogen-bond acceptors (Lipinski definition) is 3. The summed E-state index contributed by atoms with van der Waals surface area (Å²) in [5.74, 6) is 0.703. The Morgan fingerprint density at radius 3 is 2.54 bits per heavy atom. The summed E-state index contributed by atoms with van der Waals surface area (Å²) in [5.41, 5.74) is 2.54. The van der Waals surface area contributed by atoms with Crippen LogP contribution >= 0.6 is 15.9 Å². The van der Waals surface area contributed by atoms with E-state index >= 15 is 0 Å². The molecule has 1 N–H and O–H groups in total. The van der Waals surface area contributed by atoms with Crippen LogP contribution in [0.4, 0.5) is 0 Å². The molecule has 1 unspecified atom stereocenters. The van der Waals surface area contributed by atoms with Gasteiger partial charge in [-0.05, 0) is 41.8 Å². The molecule has 2 aromatic carbocycles. The monoisotopic (exact) mass is 388 g/mol. The lowest BCUT2D eigenvalue weighted by molar-refractivity contribution is 0.0943. The van der Waals surface area contributed by atoms with Crippen molar-refractivity contribution >= 4 is 33.9 Å². The van der Waals surface area contributed by atoms with E-state index in [4.69, 9.17) is 9.84 Å². The van der Waals surface area contributed by atoms with Crippen LogP contribution < -0.4 is 4.74 Å². The van der Waals surface area contributed by atoms with Gasteiger partial charge in [0.2, 0.25) is 0 Å². The Labute approximate surface area is 151 Å². The number of Topliss-reactive ketones (excluding diaryl/α,β-unsaturated/α-hetero) is 1. The summed E-state index contributed by atoms with van der Waals surface area (Å²) in [6.45, 7) is 1.87. The number of hydrogen-bond donors (Lipinski definition) is 1. The second-order valence-corrected chi connectivity index (χ2v) is 6.67. The van der Waals surface area contributed by atoms with Gasteiger partial charge in [0, 0.05) is 28.6 Å². The molecule has 24 heavy (non-hydrogen) atoms. The van der Waals surface area contributed by atoms with Crippen LogP contribution in [0.2, 0.25) is 0 Å². The number of halogens is 1. The summed E-state index contributed by atoms with van der Waals surface area (Å²) < 4.78 is 6.41. The summed E-state index contributed by atoms with van der Waals surface area (Å²) in [6, 6.07) is 13.4. The van der Waals surface area contributed by atoms with E-state index in [2.05, 4.69) is 15.9 Å². The van der Waals surface area contributed by atoms with Crippen LogP contribution in [0, 0.1) is 5.92 Å². The molecular weight excluding hydrogens is 368 g/mol. The van der Waals surface area contributed by atoms with E-state index in [-0.39, 0.29) is 18.3 Å². The third-order valence-corrected chi connectivity index (χ3v) is 4.25. The van der Waals surface area contributed by atoms with Crippen molar-refractivity contribution < 1.29 is 14.6 Å². The smallest absolute Gasteiger partial charge is 0.163 e. The van der Waals surface area contributed by atoms with Crippen molar-refractivity contribution in [1.82, 2.24) is 0 Å². The highest BCUT2D eigenvalue weighted by Crippen LogP contribution is 2.24. The Balaban J connectivity index is 2.25. The first-order valence-corrected chi connectivity index (χ1v) is 8.58. The van der Waals surface area contributed by atoms with Crippen molar-refractivity contribution in [2.24, 2.45) is 5.92 Å². The summed E-state index contributed by atoms with van der Waals surface area (Å²) in [6.07, 6.45) is 4.25. The van der Waals surface area contributed by atoms with Gasteiger partial charge in [-0.3, -0.25) is 4.79 Å². The van der Waals surface area contributed by atoms with Gasteiger partial charge in [-0.25, -0.2) is 0 Å². The molecule has 0 aliphatic carbocycles. The van der Waals surface area contributed by atoms with Gasteiger partial charge < -0.3 is 9.84 Å². The zero-order valence-electron chi connectivity index (χ0n) is 13.8. The minimum Gasteiger partial charge on any atom is -0.496 e. The molecule has 0 heterocycles. The first kappa shape index (κ1) is 18.4. The SMILES string of the molecule is COc1ccc(C(=O)CC(C)CO)cc1/C=C/c1ccc(Br)cc1. The van der Waals surface area contributed by atoms with Gasteiger partial charge in [0.25, 0.3) is 0 Å². The van der Waals surface area contributed by atoms with Crippen LogP contribution in [0.15, 0.2) is 46.9 Å². The van der Waals surface area contributed by atoms with Gasteiger partial charge in [-0.15, -0.1) is 0 Å². The Morgan fingerprint density at radius 2 is 1.92 bits per heavy atom. The normalized spacial score (nSPS) is 12.3. The highest BCUT2D eigenvalue weighted by Gasteiger charge is 2.12. The number of carbonyl (C=O) groups excluding carboxylic acids is 1. The average molecular weight is 389 g/mol. The third-order valence-electron chi connectivity index (χ3n) is 3.72. The number of methoxy groups -OCH3 is 1. The molecule has 0 bridgehead atoms. The van der Waals surface area contributed by atoms with Crippen molar-refractivity contribution in [3.05, 3.63) is 63.6 Å². The van der Waals surface area contributed by atoms with E-state index in [1.165, 1.54) is 0 Å². The lowest BCUT2D eigenvalue weighted by atomic mass is 9.98. The maximum Gasteiger partial charge on any atom is 0.163 e. The Morgan fingerprint density at radius 1 is 1.21 bits per heavy atom. The number of carbonyl (C=O) groups is 1. The summed E-state index contributed by atoms with van der Waals surface area (Å²) in [4.78, 5) is 12.3. The van der Waals surface area contributed by atoms with Crippen LogP contribution in [0.5, 0.6) is 5.75 Å². The number of ether oxygens (including phenoxy) is 1. The standard InChI is InChI=1S/C20H21BrO3/c1-14(13-22)11-19(23)16-7-10-20(24-2)17(12-16)6-3-15-4-8-18(21)9-5-15/h3-10,12,14,22H,11,13H2,1-2H3/b6-3+. The second kappa shape index (κ2) is 8.81. The molecule has 0 aromatic heterocycles. The van der Waals surface area contributed by atoms with Gasteiger partial charge in [0.15, 0.2) is 5.78 Å². The second-order valence-electron chi connectivity index (χ2n) is 5.76. The van der Waals surface area contributed by atoms with Crippen LogP contribution in [0.1, 0.15) is 34.8 Å². The average Bonchev–Trinajstić information content (AvgIpc) is 2.60. The van der Waals surface area contributed by atoms with E-state index in [1.807, 2.05) is 49.4 Å². The van der Waals surface area contributed by atoms with Crippen molar-refractivity contribution in [3.8, 4) is 5.75 Å². The van der Waals surface area contributed by atoms with Gasteiger partial charge in [0.05, 0.1) is 7.11 Å². The molecular formula is C20H21BrO3. The summed E-state index contributed by atoms with van der Waals surface area (Å²) >= 11 is 3.42. The fourth-order valence-electron chi connectivity index (χ4n) is 2.30. The zero-order chi connectivity index (χ0) is 17.5. The molecule has 0 fully saturated rings. The fraction of sp³-hybridized carbons (Fsp3) is 0.250. The number of ketones is 1. The maximum atomic E-state index is 12.3. The van der Waals surface area contributed by atoms with Gasteiger partial charge in [0.1, 0.15) is 5.75 Å². The van der Waals surface area contributed by atoms with Gasteiger partial charge >= 0.3 is 0 Å². The molecule has 1 atom stereocenters. The highest BCUT2D eigenvalue weighted by molar-refractivity contribution is 9.10. The van der Waals surface area contributed by atoms with Crippen molar-refractivity contribution in [3.63, 3.8) is 0 Å². The van der Waals surface area contributed by atoms with Gasteiger partial charge in [-0.1, -0.05) is 47.1 Å². The predicted octanol–water partition coefficient (Wildman–Crippen LogP) is 4.83. The topological polar surface area (TPSA) is 46.5 Å². The fourth-order valence-corrected chi connectivity index (χ4v) is 2.56. The number of aliphatic hydroxyl groups is 1. The Bertz CT molecular complexity index is 720. The van der Waals surface area contributed by atoms with E-state index in [0.29, 0.717) is 12.0 Å². The summed E-state index contributed by atoms with van der Waals surface area (Å²) in [5, 5.41) is 9.11. The van der Waals surface area contributed by atoms with E-state index in [9.17, 15) is 4.79 Å². The first-order valence-electron chi connectivity index (χ1n) is 7.79. The van der Waals surface area contributed by atoms with E-state index < -0.39 is 0 Å². The number of benzene rings is 2. The molecule has 0 saturated heterocycles.